The Labute approximate surface area is 251 Å². The maximum Gasteiger partial charge on any atom is 0.392 e. The number of nitrogens with one attached hydrogen (secondary N) is 2. The highest BCUT2D eigenvalue weighted by atomic mass is 31.2. The van der Waals surface area contributed by atoms with Crippen molar-refractivity contribution in [3.05, 3.63) is 101 Å². The molecule has 0 fully saturated rings. The summed E-state index contributed by atoms with van der Waals surface area (Å²) in [5.41, 5.74) is 1.04. The van der Waals surface area contributed by atoms with Crippen LogP contribution in [0, 0.1) is 29.1 Å². The fraction of sp³-hybridized carbons (Fsp3) is 0.333. The maximum atomic E-state index is 14.8. The first-order valence-corrected chi connectivity index (χ1v) is 15.2. The van der Waals surface area contributed by atoms with Gasteiger partial charge in [0.15, 0.2) is 0 Å². The van der Waals surface area contributed by atoms with Crippen LogP contribution >= 0.6 is 7.67 Å². The Balaban J connectivity index is 2.13. The molecular weight excluding hydrogens is 610 g/mol. The fourth-order valence-corrected chi connectivity index (χ4v) is 5.80. The number of esters is 2. The van der Waals surface area contributed by atoms with E-state index in [2.05, 4.69) is 10.2 Å². The van der Waals surface area contributed by atoms with Crippen molar-refractivity contribution in [2.75, 3.05) is 0 Å². The van der Waals surface area contributed by atoms with Gasteiger partial charge in [-0.25, -0.2) is 27.9 Å². The SMILES string of the molecule is CC(C)OC(=O)[C@H](Cc1ccccc1)NP(=O)(N[C@@H](Cc1ccccc1)C(=O)OC(C)C)Oc1c(F)c(F)c(F)c(F)c1F. The monoisotopic (exact) mass is 642 g/mol. The predicted octanol–water partition coefficient (Wildman–Crippen LogP) is 6.17. The summed E-state index contributed by atoms with van der Waals surface area (Å²) in [6, 6.07) is 13.4. The van der Waals surface area contributed by atoms with Gasteiger partial charge in [0.25, 0.3) is 0 Å². The number of rotatable bonds is 14. The summed E-state index contributed by atoms with van der Waals surface area (Å²) >= 11 is 0. The molecule has 8 nitrogen and oxygen atoms in total. The smallest absolute Gasteiger partial charge is 0.392 e. The van der Waals surface area contributed by atoms with Crippen LogP contribution in [0.3, 0.4) is 0 Å². The zero-order chi connectivity index (χ0) is 32.6. The maximum absolute atomic E-state index is 14.8. The lowest BCUT2D eigenvalue weighted by Crippen LogP contribution is -2.47. The third-order valence-electron chi connectivity index (χ3n) is 5.88. The molecule has 14 heteroatoms. The molecule has 0 heterocycles. The number of carbonyl (C=O) groups is 2. The molecule has 3 aromatic carbocycles. The van der Waals surface area contributed by atoms with Crippen molar-refractivity contribution in [2.24, 2.45) is 0 Å². The molecule has 238 valence electrons. The lowest BCUT2D eigenvalue weighted by atomic mass is 10.1. The van der Waals surface area contributed by atoms with E-state index in [-0.39, 0.29) is 12.8 Å². The van der Waals surface area contributed by atoms with E-state index >= 15 is 0 Å². The Hall–Kier alpha value is -3.80. The number of carbonyl (C=O) groups excluding carboxylic acids is 2. The van der Waals surface area contributed by atoms with Crippen molar-refractivity contribution in [1.82, 2.24) is 10.2 Å². The van der Waals surface area contributed by atoms with Crippen LogP contribution in [0.25, 0.3) is 0 Å². The third kappa shape index (κ3) is 9.35. The van der Waals surface area contributed by atoms with Gasteiger partial charge < -0.3 is 14.0 Å². The third-order valence-corrected chi connectivity index (χ3v) is 7.62. The second-order valence-corrected chi connectivity index (χ2v) is 12.1. The van der Waals surface area contributed by atoms with Crippen LogP contribution in [0.2, 0.25) is 0 Å². The van der Waals surface area contributed by atoms with Gasteiger partial charge in [0.05, 0.1) is 12.2 Å². The number of benzene rings is 3. The van der Waals surface area contributed by atoms with Crippen molar-refractivity contribution in [3.63, 3.8) is 0 Å². The molecule has 44 heavy (non-hydrogen) atoms. The second-order valence-electron chi connectivity index (χ2n) is 10.3. The summed E-state index contributed by atoms with van der Waals surface area (Å²) in [6.45, 7) is 6.16. The Bertz CT molecular complexity index is 1390. The predicted molar refractivity (Wildman–Crippen MR) is 151 cm³/mol. The van der Waals surface area contributed by atoms with Crippen LogP contribution in [0.5, 0.6) is 5.75 Å². The molecule has 3 aromatic rings. The van der Waals surface area contributed by atoms with E-state index in [0.29, 0.717) is 11.1 Å². The van der Waals surface area contributed by atoms with Crippen LogP contribution in [0.1, 0.15) is 38.8 Å². The van der Waals surface area contributed by atoms with E-state index in [1.807, 2.05) is 0 Å². The molecule has 0 spiro atoms. The first kappa shape index (κ1) is 34.7. The molecule has 0 saturated carbocycles. The van der Waals surface area contributed by atoms with Crippen LogP contribution in [0.4, 0.5) is 22.0 Å². The first-order chi connectivity index (χ1) is 20.7. The van der Waals surface area contributed by atoms with Gasteiger partial charge in [-0.2, -0.15) is 8.78 Å². The minimum atomic E-state index is -5.17. The molecule has 0 radical (unpaired) electrons. The highest BCUT2D eigenvalue weighted by Crippen LogP contribution is 2.44. The van der Waals surface area contributed by atoms with Crippen LogP contribution < -0.4 is 14.7 Å². The Morgan fingerprint density at radius 2 is 0.977 bits per heavy atom. The van der Waals surface area contributed by atoms with Gasteiger partial charge in [-0.3, -0.25) is 9.59 Å². The van der Waals surface area contributed by atoms with Gasteiger partial charge in [0.1, 0.15) is 12.1 Å². The Morgan fingerprint density at radius 1 is 0.636 bits per heavy atom. The number of hydrogen-bond acceptors (Lipinski definition) is 6. The molecule has 0 bridgehead atoms. The first-order valence-electron chi connectivity index (χ1n) is 13.6. The normalized spacial score (nSPS) is 13.1. The fourth-order valence-electron chi connectivity index (χ4n) is 3.99. The Kier molecular flexibility index (Phi) is 12.0. The second kappa shape index (κ2) is 15.3. The highest BCUT2D eigenvalue weighted by Gasteiger charge is 2.40. The average Bonchev–Trinajstić information content (AvgIpc) is 2.97. The molecule has 2 atom stereocenters. The molecule has 2 N–H and O–H groups in total. The number of halogens is 5. The molecule has 0 saturated heterocycles. The lowest BCUT2D eigenvalue weighted by molar-refractivity contribution is -0.150. The van der Waals surface area contributed by atoms with Crippen LogP contribution in [-0.4, -0.2) is 36.2 Å². The van der Waals surface area contributed by atoms with Crippen molar-refractivity contribution < 1.29 is 50.1 Å². The molecule has 0 amide bonds. The van der Waals surface area contributed by atoms with Crippen molar-refractivity contribution in [3.8, 4) is 5.75 Å². The summed E-state index contributed by atoms with van der Waals surface area (Å²) in [5.74, 6) is -15.9. The van der Waals surface area contributed by atoms with E-state index in [1.54, 1.807) is 88.4 Å². The van der Waals surface area contributed by atoms with Gasteiger partial charge in [0, 0.05) is 0 Å². The largest absolute Gasteiger partial charge is 0.462 e. The quantitative estimate of drug-likeness (QED) is 0.0708. The molecule has 3 rings (SSSR count). The zero-order valence-corrected chi connectivity index (χ0v) is 25.2. The molecule has 0 aromatic heterocycles. The minimum absolute atomic E-state index is 0.210. The molecule has 0 aliphatic rings. The number of hydrogen-bond donors (Lipinski definition) is 2. The summed E-state index contributed by atoms with van der Waals surface area (Å²) in [4.78, 5) is 26.3. The van der Waals surface area contributed by atoms with E-state index in [0.717, 1.165) is 0 Å². The summed E-state index contributed by atoms with van der Waals surface area (Å²) < 4.78 is 102. The van der Waals surface area contributed by atoms with Crippen molar-refractivity contribution in [1.29, 1.82) is 0 Å². The van der Waals surface area contributed by atoms with E-state index < -0.39 is 78.7 Å². The summed E-state index contributed by atoms with van der Waals surface area (Å²) in [5, 5.41) is 4.67. The van der Waals surface area contributed by atoms with Gasteiger partial charge in [0.2, 0.25) is 34.8 Å². The number of ether oxygens (including phenoxy) is 2. The van der Waals surface area contributed by atoms with E-state index in [1.165, 1.54) is 0 Å². The summed E-state index contributed by atoms with van der Waals surface area (Å²) in [7, 11) is -5.17. The van der Waals surface area contributed by atoms with E-state index in [4.69, 9.17) is 14.0 Å². The van der Waals surface area contributed by atoms with Gasteiger partial charge in [-0.05, 0) is 51.7 Å². The topological polar surface area (TPSA) is 103 Å². The average molecular weight is 643 g/mol. The zero-order valence-electron chi connectivity index (χ0n) is 24.3. The van der Waals surface area contributed by atoms with Gasteiger partial charge >= 0.3 is 19.6 Å². The van der Waals surface area contributed by atoms with Crippen molar-refractivity contribution in [2.45, 2.75) is 64.8 Å². The molecule has 0 aliphatic heterocycles. The molecule has 0 unspecified atom stereocenters. The van der Waals surface area contributed by atoms with Crippen LogP contribution in [-0.2, 0) is 36.5 Å². The van der Waals surface area contributed by atoms with Gasteiger partial charge in [-0.15, -0.1) is 0 Å². The van der Waals surface area contributed by atoms with Crippen molar-refractivity contribution >= 4 is 19.6 Å². The minimum Gasteiger partial charge on any atom is -0.462 e. The lowest BCUT2D eigenvalue weighted by Gasteiger charge is -2.29. The Morgan fingerprint density at radius 3 is 1.32 bits per heavy atom. The summed E-state index contributed by atoms with van der Waals surface area (Å²) in [6.07, 6.45) is -1.73. The van der Waals surface area contributed by atoms with Crippen LogP contribution in [0.15, 0.2) is 60.7 Å². The highest BCUT2D eigenvalue weighted by molar-refractivity contribution is 7.55. The van der Waals surface area contributed by atoms with Gasteiger partial charge in [-0.1, -0.05) is 60.7 Å². The molecule has 0 aliphatic carbocycles. The van der Waals surface area contributed by atoms with E-state index in [9.17, 15) is 36.1 Å². The molecular formula is C30H32F5N2O6P. The standard InChI is InChI=1S/C30H32F5N2O6P/c1-17(2)41-29(38)21(15-19-11-7-5-8-12-19)36-44(40,43-28-26(34)24(32)23(31)25(33)27(28)35)37-22(30(39)42-18(3)4)16-20-13-9-6-10-14-20/h5-14,17-18,21-22H,15-16H2,1-4H3,(H2,36,37,40)/t21-,22-/m0/s1.